The second-order valence-electron chi connectivity index (χ2n) is 15.5. The molecule has 2 aliphatic rings. The average Bonchev–Trinajstić information content (AvgIpc) is 3.51. The summed E-state index contributed by atoms with van der Waals surface area (Å²) in [6.45, 7) is 17.3. The Morgan fingerprint density at radius 3 is 2.46 bits per heavy atom. The van der Waals surface area contributed by atoms with Gasteiger partial charge in [0.15, 0.2) is 11.3 Å². The number of allylic oxidation sites excluding steroid dienone is 1. The molecule has 0 N–H and O–H groups in total. The SMILES string of the molecule is COC(=O)c1ccc(N2CCN(CC3=C(c4ccc(Cl)cc4)CC(C)(C)CC3)CC2)cc1Oc1cccc2c1nnn2COCC[Si](C)(C)C. The van der Waals surface area contributed by atoms with Gasteiger partial charge in [-0.2, -0.15) is 0 Å². The third kappa shape index (κ3) is 8.77. The second-order valence-corrected chi connectivity index (χ2v) is 21.6. The number of benzene rings is 3. The first-order valence-electron chi connectivity index (χ1n) is 17.6. The number of carbonyl (C=O) groups excluding carboxylic acids is 1. The van der Waals surface area contributed by atoms with Crippen LogP contribution < -0.4 is 9.64 Å². The van der Waals surface area contributed by atoms with E-state index in [0.717, 1.165) is 67.8 Å². The molecule has 11 heteroatoms. The first-order chi connectivity index (χ1) is 23.9. The molecule has 0 amide bonds. The molecule has 1 fully saturated rings. The minimum absolute atomic E-state index is 0.289. The smallest absolute Gasteiger partial charge is 0.341 e. The molecule has 0 spiro atoms. The fourth-order valence-electron chi connectivity index (χ4n) is 6.76. The van der Waals surface area contributed by atoms with E-state index in [-0.39, 0.29) is 5.41 Å². The number of fused-ring (bicyclic) bond motifs is 1. The molecular formula is C39H50ClN5O4Si. The Morgan fingerprint density at radius 2 is 1.74 bits per heavy atom. The number of halogens is 1. The highest BCUT2D eigenvalue weighted by Gasteiger charge is 2.30. The third-order valence-electron chi connectivity index (χ3n) is 9.84. The zero-order valence-electron chi connectivity index (χ0n) is 30.3. The number of ether oxygens (including phenoxy) is 3. The quantitative estimate of drug-likeness (QED) is 0.0819. The standard InChI is InChI=1S/C39H50ClN5O4Si/c1-39(2)17-16-29(33(25-39)28-10-12-30(40)13-11-28)26-43-18-20-44(21-19-43)31-14-15-32(38(46)47-3)36(24-31)49-35-9-7-8-34-37(35)41-42-45(34)27-48-22-23-50(4,5)6/h7-15,24H,16-23,25-27H2,1-6H3. The van der Waals surface area contributed by atoms with Crippen LogP contribution in [0.1, 0.15) is 49.0 Å². The molecule has 0 radical (unpaired) electrons. The summed E-state index contributed by atoms with van der Waals surface area (Å²) >= 11 is 6.23. The van der Waals surface area contributed by atoms with Crippen molar-refractivity contribution in [2.24, 2.45) is 5.41 Å². The normalized spacial score (nSPS) is 17.0. The highest BCUT2D eigenvalue weighted by molar-refractivity contribution is 6.76. The van der Waals surface area contributed by atoms with Crippen LogP contribution >= 0.6 is 11.6 Å². The lowest BCUT2D eigenvalue weighted by molar-refractivity contribution is 0.0598. The van der Waals surface area contributed by atoms with Crippen LogP contribution in [0.3, 0.4) is 0 Å². The van der Waals surface area contributed by atoms with Crippen LogP contribution in [0.25, 0.3) is 16.6 Å². The second kappa shape index (κ2) is 15.3. The Kier molecular flexibility index (Phi) is 11.0. The Morgan fingerprint density at radius 1 is 0.980 bits per heavy atom. The number of aromatic nitrogens is 3. The Hall–Kier alpha value is -3.70. The molecule has 50 heavy (non-hydrogen) atoms. The number of methoxy groups -OCH3 is 1. The van der Waals surface area contributed by atoms with Gasteiger partial charge in [0.1, 0.15) is 18.0 Å². The van der Waals surface area contributed by atoms with Crippen molar-refractivity contribution < 1.29 is 19.0 Å². The van der Waals surface area contributed by atoms with Gasteiger partial charge in [0.05, 0.1) is 12.6 Å². The lowest BCUT2D eigenvalue weighted by atomic mass is 9.72. The molecule has 0 unspecified atom stereocenters. The molecule has 3 aromatic carbocycles. The largest absolute Gasteiger partial charge is 0.465 e. The van der Waals surface area contributed by atoms with Gasteiger partial charge in [0.25, 0.3) is 0 Å². The highest BCUT2D eigenvalue weighted by atomic mass is 35.5. The number of carbonyl (C=O) groups is 1. The van der Waals surface area contributed by atoms with E-state index < -0.39 is 14.0 Å². The number of hydrogen-bond donors (Lipinski definition) is 0. The van der Waals surface area contributed by atoms with Gasteiger partial charge in [-0.25, -0.2) is 9.48 Å². The van der Waals surface area contributed by atoms with Gasteiger partial charge in [0.2, 0.25) is 0 Å². The molecule has 9 nitrogen and oxygen atoms in total. The number of anilines is 1. The van der Waals surface area contributed by atoms with Crippen LogP contribution in [0, 0.1) is 5.41 Å². The van der Waals surface area contributed by atoms with E-state index in [1.807, 2.05) is 42.5 Å². The molecule has 4 aromatic rings. The summed E-state index contributed by atoms with van der Waals surface area (Å²) in [5, 5.41) is 9.53. The Labute approximate surface area is 302 Å². The van der Waals surface area contributed by atoms with E-state index in [4.69, 9.17) is 25.8 Å². The minimum Gasteiger partial charge on any atom is -0.465 e. The number of nitrogens with zero attached hydrogens (tertiary/aromatic N) is 5. The Bertz CT molecular complexity index is 1840. The maximum atomic E-state index is 12.8. The lowest BCUT2D eigenvalue weighted by Gasteiger charge is -2.39. The summed E-state index contributed by atoms with van der Waals surface area (Å²) in [4.78, 5) is 17.8. The summed E-state index contributed by atoms with van der Waals surface area (Å²) in [5.41, 5.74) is 7.37. The predicted octanol–water partition coefficient (Wildman–Crippen LogP) is 8.76. The van der Waals surface area contributed by atoms with E-state index in [1.165, 1.54) is 24.7 Å². The average molecular weight is 716 g/mol. The van der Waals surface area contributed by atoms with E-state index in [0.29, 0.717) is 35.9 Å². The maximum absolute atomic E-state index is 12.8. The van der Waals surface area contributed by atoms with Crippen molar-refractivity contribution >= 4 is 47.9 Å². The molecule has 0 atom stereocenters. The zero-order chi connectivity index (χ0) is 35.5. The predicted molar refractivity (Wildman–Crippen MR) is 204 cm³/mol. The van der Waals surface area contributed by atoms with E-state index >= 15 is 0 Å². The fraction of sp³-hybridized carbons (Fsp3) is 0.462. The van der Waals surface area contributed by atoms with Crippen molar-refractivity contribution in [2.45, 2.75) is 65.5 Å². The van der Waals surface area contributed by atoms with Gasteiger partial charge in [-0.1, -0.05) is 74.1 Å². The molecule has 1 aliphatic carbocycles. The maximum Gasteiger partial charge on any atom is 0.341 e. The molecule has 1 aromatic heterocycles. The summed E-state index contributed by atoms with van der Waals surface area (Å²) in [6, 6.07) is 20.8. The molecular weight excluding hydrogens is 666 g/mol. The number of hydrogen-bond acceptors (Lipinski definition) is 8. The summed E-state index contributed by atoms with van der Waals surface area (Å²) in [6.07, 6.45) is 3.40. The van der Waals surface area contributed by atoms with Gasteiger partial charge in [-0.05, 0) is 78.3 Å². The van der Waals surface area contributed by atoms with Crippen LogP contribution in [-0.2, 0) is 16.2 Å². The molecule has 266 valence electrons. The van der Waals surface area contributed by atoms with Crippen LogP contribution in [0.2, 0.25) is 30.7 Å². The summed E-state index contributed by atoms with van der Waals surface area (Å²) in [5.74, 6) is 0.486. The number of esters is 1. The van der Waals surface area contributed by atoms with Gasteiger partial charge < -0.3 is 19.1 Å². The molecule has 1 aliphatic heterocycles. The monoisotopic (exact) mass is 715 g/mol. The van der Waals surface area contributed by atoms with Gasteiger partial charge >= 0.3 is 5.97 Å². The summed E-state index contributed by atoms with van der Waals surface area (Å²) in [7, 11) is 0.191. The molecule has 0 bridgehead atoms. The third-order valence-corrected chi connectivity index (χ3v) is 11.8. The van der Waals surface area contributed by atoms with Crippen molar-refractivity contribution in [2.75, 3.05) is 51.3 Å². The fourth-order valence-corrected chi connectivity index (χ4v) is 7.64. The van der Waals surface area contributed by atoms with E-state index in [2.05, 4.69) is 65.7 Å². The van der Waals surface area contributed by atoms with Gasteiger partial charge in [0, 0.05) is 64.2 Å². The van der Waals surface area contributed by atoms with Crippen molar-refractivity contribution in [1.29, 1.82) is 0 Å². The first-order valence-corrected chi connectivity index (χ1v) is 21.7. The van der Waals surface area contributed by atoms with Crippen LogP contribution in [0.15, 0.2) is 66.2 Å². The minimum atomic E-state index is -1.19. The zero-order valence-corrected chi connectivity index (χ0v) is 32.1. The van der Waals surface area contributed by atoms with Crippen molar-refractivity contribution in [3.05, 3.63) is 82.4 Å². The number of piperazine rings is 1. The van der Waals surface area contributed by atoms with Crippen LogP contribution in [0.5, 0.6) is 11.5 Å². The lowest BCUT2D eigenvalue weighted by Crippen LogP contribution is -2.47. The molecule has 1 saturated heterocycles. The molecule has 0 saturated carbocycles. The number of rotatable bonds is 12. The van der Waals surface area contributed by atoms with Crippen LogP contribution in [0.4, 0.5) is 5.69 Å². The van der Waals surface area contributed by atoms with Gasteiger partial charge in [-0.3, -0.25) is 4.90 Å². The molecule has 6 rings (SSSR count). The molecule has 2 heterocycles. The highest BCUT2D eigenvalue weighted by Crippen LogP contribution is 2.43. The van der Waals surface area contributed by atoms with E-state index in [9.17, 15) is 4.79 Å². The van der Waals surface area contributed by atoms with Gasteiger partial charge in [-0.15, -0.1) is 5.10 Å². The topological polar surface area (TPSA) is 82.0 Å². The summed E-state index contributed by atoms with van der Waals surface area (Å²) < 4.78 is 19.3. The first kappa shape index (κ1) is 36.1. The van der Waals surface area contributed by atoms with E-state index in [1.54, 1.807) is 16.3 Å². The van der Waals surface area contributed by atoms with Crippen molar-refractivity contribution in [1.82, 2.24) is 19.9 Å². The Balaban J connectivity index is 1.16. The van der Waals surface area contributed by atoms with Crippen molar-refractivity contribution in [3.8, 4) is 11.5 Å². The van der Waals surface area contributed by atoms with Crippen molar-refractivity contribution in [3.63, 3.8) is 0 Å². The van der Waals surface area contributed by atoms with Crippen LogP contribution in [-0.4, -0.2) is 80.4 Å².